The number of hydrogen-bond donors (Lipinski definition) is 1. The Labute approximate surface area is 185 Å². The van der Waals surface area contributed by atoms with E-state index in [0.717, 1.165) is 57.3 Å². The maximum absolute atomic E-state index is 4.91. The van der Waals surface area contributed by atoms with E-state index in [0.29, 0.717) is 0 Å². The van der Waals surface area contributed by atoms with Crippen molar-refractivity contribution in [2.24, 2.45) is 4.99 Å². The van der Waals surface area contributed by atoms with Gasteiger partial charge in [-0.05, 0) is 30.0 Å². The molecule has 1 N–H and O–H groups in total. The highest BCUT2D eigenvalue weighted by atomic mass is 15.3. The van der Waals surface area contributed by atoms with Crippen molar-refractivity contribution in [3.05, 3.63) is 96.1 Å². The van der Waals surface area contributed by atoms with E-state index < -0.39 is 0 Å². The van der Waals surface area contributed by atoms with Crippen molar-refractivity contribution < 1.29 is 0 Å². The number of guanidine groups is 1. The zero-order valence-corrected chi connectivity index (χ0v) is 18.2. The van der Waals surface area contributed by atoms with Crippen molar-refractivity contribution in [2.45, 2.75) is 26.3 Å². The molecule has 0 spiro atoms. The van der Waals surface area contributed by atoms with Crippen LogP contribution in [-0.4, -0.2) is 46.6 Å². The number of rotatable bonds is 7. The maximum atomic E-state index is 4.91. The van der Waals surface area contributed by atoms with Gasteiger partial charge in [0.25, 0.3) is 0 Å². The van der Waals surface area contributed by atoms with Crippen LogP contribution in [0.4, 0.5) is 0 Å². The summed E-state index contributed by atoms with van der Waals surface area (Å²) in [7, 11) is 0. The number of nitrogens with zero attached hydrogens (tertiary/aromatic N) is 4. The molecule has 1 aliphatic rings. The molecule has 0 radical (unpaired) electrons. The molecule has 1 aliphatic heterocycles. The van der Waals surface area contributed by atoms with Crippen molar-refractivity contribution in [3.8, 4) is 0 Å². The van der Waals surface area contributed by atoms with Crippen LogP contribution < -0.4 is 5.32 Å². The van der Waals surface area contributed by atoms with Gasteiger partial charge in [-0.1, -0.05) is 66.7 Å². The van der Waals surface area contributed by atoms with Crippen LogP contribution in [0.5, 0.6) is 0 Å². The Morgan fingerprint density at radius 3 is 2.55 bits per heavy atom. The average molecular weight is 414 g/mol. The predicted molar refractivity (Wildman–Crippen MR) is 128 cm³/mol. The molecule has 0 saturated carbocycles. The Kier molecular flexibility index (Phi) is 7.16. The molecule has 0 fully saturated rings. The summed E-state index contributed by atoms with van der Waals surface area (Å²) in [5.74, 6) is 2.07. The van der Waals surface area contributed by atoms with E-state index in [4.69, 9.17) is 4.99 Å². The minimum Gasteiger partial charge on any atom is -0.357 e. The first kappa shape index (κ1) is 20.9. The van der Waals surface area contributed by atoms with Crippen LogP contribution in [-0.2, 0) is 13.0 Å². The molecule has 0 amide bonds. The summed E-state index contributed by atoms with van der Waals surface area (Å²) in [5, 5.41) is 3.46. The van der Waals surface area contributed by atoms with E-state index in [1.54, 1.807) is 0 Å². The number of nitrogens with one attached hydrogen (secondary N) is 1. The van der Waals surface area contributed by atoms with E-state index in [9.17, 15) is 0 Å². The second-order valence-corrected chi connectivity index (χ2v) is 7.73. The van der Waals surface area contributed by atoms with Crippen molar-refractivity contribution in [1.82, 2.24) is 19.8 Å². The molecular weight excluding hydrogens is 382 g/mol. The summed E-state index contributed by atoms with van der Waals surface area (Å²) in [6, 6.07) is 21.2. The molecule has 160 valence electrons. The standard InChI is InChI=1S/C26H31N5/c1-2-27-26(30-18-14-24(15-19-30)23-11-7-4-8-12-23)29-16-13-25-28-17-20-31(25)21-22-9-5-3-6-10-22/h3-12,14,17,20H,2,13,15-16,18-19,21H2,1H3,(H,27,29). The van der Waals surface area contributed by atoms with Crippen molar-refractivity contribution in [1.29, 1.82) is 0 Å². The summed E-state index contributed by atoms with van der Waals surface area (Å²) < 4.78 is 2.22. The van der Waals surface area contributed by atoms with Crippen LogP contribution >= 0.6 is 0 Å². The highest BCUT2D eigenvalue weighted by molar-refractivity contribution is 5.81. The van der Waals surface area contributed by atoms with Gasteiger partial charge in [0, 0.05) is 51.5 Å². The second-order valence-electron chi connectivity index (χ2n) is 7.73. The predicted octanol–water partition coefficient (Wildman–Crippen LogP) is 4.23. The maximum Gasteiger partial charge on any atom is 0.194 e. The molecule has 0 bridgehead atoms. The first-order valence-electron chi connectivity index (χ1n) is 11.1. The molecule has 0 saturated heterocycles. The first-order chi connectivity index (χ1) is 15.3. The van der Waals surface area contributed by atoms with Gasteiger partial charge < -0.3 is 14.8 Å². The van der Waals surface area contributed by atoms with Crippen LogP contribution in [0.1, 0.15) is 30.3 Å². The van der Waals surface area contributed by atoms with Gasteiger partial charge >= 0.3 is 0 Å². The summed E-state index contributed by atoms with van der Waals surface area (Å²) in [6.45, 7) is 6.43. The van der Waals surface area contributed by atoms with Crippen molar-refractivity contribution in [2.75, 3.05) is 26.2 Å². The molecule has 5 heteroatoms. The van der Waals surface area contributed by atoms with Gasteiger partial charge in [0.2, 0.25) is 0 Å². The lowest BCUT2D eigenvalue weighted by Gasteiger charge is -2.30. The van der Waals surface area contributed by atoms with E-state index in [-0.39, 0.29) is 0 Å². The summed E-state index contributed by atoms with van der Waals surface area (Å²) in [4.78, 5) is 11.8. The highest BCUT2D eigenvalue weighted by Gasteiger charge is 2.16. The van der Waals surface area contributed by atoms with Crippen molar-refractivity contribution in [3.63, 3.8) is 0 Å². The quantitative estimate of drug-likeness (QED) is 0.466. The van der Waals surface area contributed by atoms with Gasteiger partial charge in [-0.2, -0.15) is 0 Å². The Morgan fingerprint density at radius 1 is 1.06 bits per heavy atom. The summed E-state index contributed by atoms with van der Waals surface area (Å²) in [5.41, 5.74) is 4.04. The van der Waals surface area contributed by atoms with E-state index in [2.05, 4.69) is 93.6 Å². The van der Waals surface area contributed by atoms with E-state index in [1.807, 2.05) is 12.3 Å². The molecular formula is C26H31N5. The first-order valence-corrected chi connectivity index (χ1v) is 11.1. The fourth-order valence-corrected chi connectivity index (χ4v) is 3.96. The zero-order valence-electron chi connectivity index (χ0n) is 18.2. The van der Waals surface area contributed by atoms with Gasteiger partial charge in [0.1, 0.15) is 5.82 Å². The van der Waals surface area contributed by atoms with Crippen LogP contribution in [0.3, 0.4) is 0 Å². The number of hydrogen-bond acceptors (Lipinski definition) is 2. The molecule has 0 atom stereocenters. The third-order valence-corrected chi connectivity index (χ3v) is 5.58. The van der Waals surface area contributed by atoms with Gasteiger partial charge in [-0.25, -0.2) is 4.98 Å². The molecule has 0 unspecified atom stereocenters. The second kappa shape index (κ2) is 10.6. The topological polar surface area (TPSA) is 45.5 Å². The monoisotopic (exact) mass is 413 g/mol. The number of benzene rings is 2. The SMILES string of the molecule is CCNC(=NCCc1nccn1Cc1ccccc1)N1CC=C(c2ccccc2)CC1. The molecule has 2 aromatic carbocycles. The highest BCUT2D eigenvalue weighted by Crippen LogP contribution is 2.22. The van der Waals surface area contributed by atoms with E-state index in [1.165, 1.54) is 16.7 Å². The lowest BCUT2D eigenvalue weighted by atomic mass is 10.00. The molecule has 2 heterocycles. The fraction of sp³-hybridized carbons (Fsp3) is 0.308. The molecule has 0 aliphatic carbocycles. The molecule has 5 nitrogen and oxygen atoms in total. The molecule has 4 rings (SSSR count). The number of aliphatic imine (C=N–C) groups is 1. The molecule has 31 heavy (non-hydrogen) atoms. The Balaban J connectivity index is 1.37. The van der Waals surface area contributed by atoms with Crippen LogP contribution in [0.15, 0.2) is 84.1 Å². The van der Waals surface area contributed by atoms with Crippen LogP contribution in [0.2, 0.25) is 0 Å². The minimum absolute atomic E-state index is 0.722. The largest absolute Gasteiger partial charge is 0.357 e. The third-order valence-electron chi connectivity index (χ3n) is 5.58. The van der Waals surface area contributed by atoms with Gasteiger partial charge in [0.05, 0.1) is 0 Å². The van der Waals surface area contributed by atoms with Gasteiger partial charge in [-0.15, -0.1) is 0 Å². The Hall–Kier alpha value is -3.34. The number of aromatic nitrogens is 2. The minimum atomic E-state index is 0.722. The Bertz CT molecular complexity index is 1000. The zero-order chi connectivity index (χ0) is 21.3. The number of imidazole rings is 1. The van der Waals surface area contributed by atoms with E-state index >= 15 is 0 Å². The smallest absolute Gasteiger partial charge is 0.194 e. The third kappa shape index (κ3) is 5.63. The van der Waals surface area contributed by atoms with Crippen molar-refractivity contribution >= 4 is 11.5 Å². The van der Waals surface area contributed by atoms with Crippen LogP contribution in [0, 0.1) is 0 Å². The van der Waals surface area contributed by atoms with Gasteiger partial charge in [-0.3, -0.25) is 4.99 Å². The summed E-state index contributed by atoms with van der Waals surface area (Å²) >= 11 is 0. The molecule has 1 aromatic heterocycles. The summed E-state index contributed by atoms with van der Waals surface area (Å²) in [6.07, 6.45) is 8.13. The van der Waals surface area contributed by atoms with Crippen LogP contribution in [0.25, 0.3) is 5.57 Å². The Morgan fingerprint density at radius 2 is 1.84 bits per heavy atom. The lowest BCUT2D eigenvalue weighted by Crippen LogP contribution is -2.43. The van der Waals surface area contributed by atoms with Gasteiger partial charge in [0.15, 0.2) is 5.96 Å². The lowest BCUT2D eigenvalue weighted by molar-refractivity contribution is 0.440. The average Bonchev–Trinajstić information content (AvgIpc) is 3.26. The molecule has 3 aromatic rings. The normalized spacial score (nSPS) is 14.4. The fourth-order valence-electron chi connectivity index (χ4n) is 3.96.